The first-order valence-electron chi connectivity index (χ1n) is 8.61. The molecule has 0 saturated carbocycles. The normalized spacial score (nSPS) is 13.4. The third-order valence-corrected chi connectivity index (χ3v) is 5.00. The number of aromatic nitrogens is 2. The number of ether oxygens (including phenoxy) is 1. The summed E-state index contributed by atoms with van der Waals surface area (Å²) in [7, 11) is 0. The van der Waals surface area contributed by atoms with Gasteiger partial charge in [-0.05, 0) is 37.1 Å². The Hall–Kier alpha value is -2.74. The van der Waals surface area contributed by atoms with Crippen LogP contribution >= 0.6 is 11.5 Å². The van der Waals surface area contributed by atoms with Gasteiger partial charge in [-0.25, -0.2) is 13.8 Å². The molecular weight excluding hydrogens is 370 g/mol. The Balaban J connectivity index is 1.52. The zero-order valence-electron chi connectivity index (χ0n) is 14.7. The third-order valence-electron chi connectivity index (χ3n) is 4.38. The van der Waals surface area contributed by atoms with Crippen LogP contribution in [0, 0.1) is 18.6 Å². The predicted octanol–water partition coefficient (Wildman–Crippen LogP) is 4.74. The topological polar surface area (TPSA) is 50.3 Å². The molecule has 1 aliphatic rings. The number of aryl methyl sites for hydroxylation is 1. The Morgan fingerprint density at radius 1 is 1.15 bits per heavy atom. The molecule has 4 rings (SSSR count). The molecule has 27 heavy (non-hydrogen) atoms. The second kappa shape index (κ2) is 7.48. The van der Waals surface area contributed by atoms with E-state index in [4.69, 9.17) is 4.74 Å². The van der Waals surface area contributed by atoms with E-state index in [9.17, 15) is 8.78 Å². The summed E-state index contributed by atoms with van der Waals surface area (Å²) in [6, 6.07) is 7.95. The first kappa shape index (κ1) is 17.7. The molecule has 1 saturated heterocycles. The molecule has 5 nitrogen and oxygen atoms in total. The molecule has 1 aliphatic heterocycles. The summed E-state index contributed by atoms with van der Waals surface area (Å²) in [6.45, 7) is 4.07. The number of benzene rings is 2. The summed E-state index contributed by atoms with van der Waals surface area (Å²) in [4.78, 5) is 6.17. The van der Waals surface area contributed by atoms with E-state index in [1.807, 2.05) is 19.1 Å². The van der Waals surface area contributed by atoms with E-state index in [-0.39, 0.29) is 17.9 Å². The van der Waals surface area contributed by atoms with Crippen LogP contribution in [0.1, 0.15) is 17.5 Å². The first-order chi connectivity index (χ1) is 13.1. The highest BCUT2D eigenvalue weighted by atomic mass is 32.1. The molecule has 0 amide bonds. The number of hydrogen-bond donors (Lipinski definition) is 1. The summed E-state index contributed by atoms with van der Waals surface area (Å²) < 4.78 is 38.4. The summed E-state index contributed by atoms with van der Waals surface area (Å²) in [6.07, 6.45) is 2.56. The van der Waals surface area contributed by atoms with Crippen molar-refractivity contribution in [2.75, 3.05) is 23.3 Å². The molecule has 1 fully saturated rings. The zero-order chi connectivity index (χ0) is 18.8. The Morgan fingerprint density at radius 2 is 2.00 bits per heavy atom. The van der Waals surface area contributed by atoms with Crippen molar-refractivity contribution in [2.45, 2.75) is 19.9 Å². The quantitative estimate of drug-likeness (QED) is 0.661. The highest BCUT2D eigenvalue weighted by molar-refractivity contribution is 7.09. The van der Waals surface area contributed by atoms with Crippen molar-refractivity contribution in [3.63, 3.8) is 0 Å². The Kier molecular flexibility index (Phi) is 4.89. The summed E-state index contributed by atoms with van der Waals surface area (Å²) in [5.74, 6) is -0.793. The van der Waals surface area contributed by atoms with Gasteiger partial charge >= 0.3 is 0 Å². The second-order valence-electron chi connectivity index (χ2n) is 6.42. The molecule has 3 aromatic rings. The summed E-state index contributed by atoms with van der Waals surface area (Å²) >= 11 is 1.15. The molecule has 0 unspecified atom stereocenters. The molecule has 8 heteroatoms. The van der Waals surface area contributed by atoms with Crippen molar-refractivity contribution in [1.82, 2.24) is 9.36 Å². The SMILES string of the molecule is Cc1cc(Oc2cc(F)c(CNc3ncns3)cc2F)cc(N2CCC2)c1. The molecule has 0 atom stereocenters. The Morgan fingerprint density at radius 3 is 2.70 bits per heavy atom. The van der Waals surface area contributed by atoms with Crippen molar-refractivity contribution in [3.8, 4) is 11.5 Å². The van der Waals surface area contributed by atoms with E-state index in [0.717, 1.165) is 54.4 Å². The third kappa shape index (κ3) is 4.00. The number of anilines is 2. The highest BCUT2D eigenvalue weighted by Crippen LogP contribution is 2.32. The number of nitrogens with zero attached hydrogens (tertiary/aromatic N) is 3. The second-order valence-corrected chi connectivity index (χ2v) is 7.20. The Bertz CT molecular complexity index is 945. The molecule has 0 aliphatic carbocycles. The zero-order valence-corrected chi connectivity index (χ0v) is 15.5. The maximum Gasteiger partial charge on any atom is 0.202 e. The smallest absolute Gasteiger partial charge is 0.202 e. The fraction of sp³-hybridized carbons (Fsp3) is 0.263. The lowest BCUT2D eigenvalue weighted by molar-refractivity contribution is 0.434. The molecule has 2 aromatic carbocycles. The van der Waals surface area contributed by atoms with Crippen molar-refractivity contribution in [1.29, 1.82) is 0 Å². The average Bonchev–Trinajstić information content (AvgIpc) is 3.08. The minimum Gasteiger partial charge on any atom is -0.454 e. The number of rotatable bonds is 6. The van der Waals surface area contributed by atoms with Crippen LogP contribution in [0.25, 0.3) is 0 Å². The summed E-state index contributed by atoms with van der Waals surface area (Å²) in [5.41, 5.74) is 2.24. The van der Waals surface area contributed by atoms with Gasteiger partial charge in [-0.15, -0.1) is 0 Å². The monoisotopic (exact) mass is 388 g/mol. The maximum absolute atomic E-state index is 14.5. The van der Waals surface area contributed by atoms with E-state index in [2.05, 4.69) is 25.6 Å². The minimum absolute atomic E-state index is 0.113. The fourth-order valence-electron chi connectivity index (χ4n) is 2.88. The molecule has 0 radical (unpaired) electrons. The van der Waals surface area contributed by atoms with E-state index in [1.54, 1.807) is 0 Å². The highest BCUT2D eigenvalue weighted by Gasteiger charge is 2.17. The van der Waals surface area contributed by atoms with Gasteiger partial charge in [-0.1, -0.05) is 0 Å². The lowest BCUT2D eigenvalue weighted by Crippen LogP contribution is -2.36. The lowest BCUT2D eigenvalue weighted by Gasteiger charge is -2.33. The standard InChI is InChI=1S/C19H18F2N4OS/c1-12-5-14(25-3-2-4-25)8-15(6-12)26-18-9-16(20)13(7-17(18)21)10-22-19-23-11-24-27-19/h5-9,11H,2-4,10H2,1H3,(H,22,23,24). The number of halogens is 2. The van der Waals surface area contributed by atoms with E-state index in [1.165, 1.54) is 6.33 Å². The van der Waals surface area contributed by atoms with Gasteiger partial charge < -0.3 is 15.0 Å². The predicted molar refractivity (Wildman–Crippen MR) is 102 cm³/mol. The van der Waals surface area contributed by atoms with Gasteiger partial charge in [0.1, 0.15) is 17.9 Å². The molecule has 2 heterocycles. The van der Waals surface area contributed by atoms with Crippen LogP contribution in [-0.4, -0.2) is 22.4 Å². The van der Waals surface area contributed by atoms with E-state index >= 15 is 0 Å². The van der Waals surface area contributed by atoms with Crippen LogP contribution in [-0.2, 0) is 6.54 Å². The van der Waals surface area contributed by atoms with Gasteiger partial charge in [0.25, 0.3) is 0 Å². The van der Waals surface area contributed by atoms with Crippen LogP contribution in [0.2, 0.25) is 0 Å². The van der Waals surface area contributed by atoms with Crippen LogP contribution in [0.15, 0.2) is 36.7 Å². The largest absolute Gasteiger partial charge is 0.454 e. The maximum atomic E-state index is 14.5. The fourth-order valence-corrected chi connectivity index (χ4v) is 3.30. The van der Waals surface area contributed by atoms with Gasteiger partial charge in [0, 0.05) is 54.6 Å². The van der Waals surface area contributed by atoms with Crippen LogP contribution in [0.5, 0.6) is 11.5 Å². The molecule has 140 valence electrons. The number of hydrogen-bond acceptors (Lipinski definition) is 6. The average molecular weight is 388 g/mol. The van der Waals surface area contributed by atoms with Crippen molar-refractivity contribution < 1.29 is 13.5 Å². The van der Waals surface area contributed by atoms with Gasteiger partial charge in [-0.2, -0.15) is 4.37 Å². The van der Waals surface area contributed by atoms with Gasteiger partial charge in [0.05, 0.1) is 0 Å². The van der Waals surface area contributed by atoms with Gasteiger partial charge in [-0.3, -0.25) is 0 Å². The lowest BCUT2D eigenvalue weighted by atomic mass is 10.1. The Labute approximate surface area is 159 Å². The van der Waals surface area contributed by atoms with Crippen LogP contribution in [0.3, 0.4) is 0 Å². The summed E-state index contributed by atoms with van der Waals surface area (Å²) in [5, 5.41) is 3.46. The molecule has 1 N–H and O–H groups in total. The van der Waals surface area contributed by atoms with Gasteiger partial charge in [0.15, 0.2) is 11.6 Å². The van der Waals surface area contributed by atoms with Crippen molar-refractivity contribution in [2.24, 2.45) is 0 Å². The van der Waals surface area contributed by atoms with Crippen LogP contribution < -0.4 is 15.0 Å². The van der Waals surface area contributed by atoms with Gasteiger partial charge in [0.2, 0.25) is 5.13 Å². The molecule has 0 bridgehead atoms. The van der Waals surface area contributed by atoms with E-state index in [0.29, 0.717) is 10.9 Å². The molecule has 1 aromatic heterocycles. The molecular formula is C19H18F2N4OS. The van der Waals surface area contributed by atoms with E-state index < -0.39 is 11.6 Å². The molecule has 0 spiro atoms. The van der Waals surface area contributed by atoms with Crippen LogP contribution in [0.4, 0.5) is 19.6 Å². The van der Waals surface area contributed by atoms with Crippen molar-refractivity contribution in [3.05, 3.63) is 59.4 Å². The minimum atomic E-state index is -0.613. The number of nitrogens with one attached hydrogen (secondary N) is 1. The van der Waals surface area contributed by atoms with Crippen molar-refractivity contribution >= 4 is 22.4 Å². The first-order valence-corrected chi connectivity index (χ1v) is 9.39.